The van der Waals surface area contributed by atoms with Crippen LogP contribution in [0.2, 0.25) is 0 Å². The van der Waals surface area contributed by atoms with E-state index in [-0.39, 0.29) is 0 Å². The minimum Gasteiger partial charge on any atom is -0.618 e. The van der Waals surface area contributed by atoms with E-state index in [2.05, 4.69) is 61.5 Å². The Bertz CT molecular complexity index is 1410. The number of aromatic amines is 1. The maximum absolute atomic E-state index is 12.8. The molecule has 8 nitrogen and oxygen atoms in total. The van der Waals surface area contributed by atoms with E-state index in [4.69, 9.17) is 0 Å². The van der Waals surface area contributed by atoms with Gasteiger partial charge in [0.1, 0.15) is 5.82 Å². The fourth-order valence-electron chi connectivity index (χ4n) is 4.18. The number of tetrazole rings is 1. The number of hydrogen-bond acceptors (Lipinski definition) is 5. The predicted octanol–water partition coefficient (Wildman–Crippen LogP) is 3.95. The zero-order chi connectivity index (χ0) is 22.8. The molecule has 8 heteroatoms. The average molecular weight is 438 g/mol. The van der Waals surface area contributed by atoms with Gasteiger partial charge in [0.25, 0.3) is 0 Å². The number of pyridine rings is 1. The largest absolute Gasteiger partial charge is 0.618 e. The molecule has 3 heterocycles. The Labute approximate surface area is 191 Å². The van der Waals surface area contributed by atoms with E-state index in [0.29, 0.717) is 18.1 Å². The molecule has 33 heavy (non-hydrogen) atoms. The van der Waals surface area contributed by atoms with Crippen molar-refractivity contribution in [3.05, 3.63) is 95.3 Å². The Hall–Kier alpha value is -4.33. The summed E-state index contributed by atoms with van der Waals surface area (Å²) in [5.41, 5.74) is 6.24. The van der Waals surface area contributed by atoms with E-state index in [1.54, 1.807) is 6.07 Å². The summed E-state index contributed by atoms with van der Waals surface area (Å²) in [7, 11) is 0. The van der Waals surface area contributed by atoms with Crippen molar-refractivity contribution in [3.8, 4) is 33.8 Å². The Balaban J connectivity index is 1.68. The lowest BCUT2D eigenvalue weighted by atomic mass is 9.92. The van der Waals surface area contributed by atoms with Crippen LogP contribution in [-0.2, 0) is 13.0 Å². The van der Waals surface area contributed by atoms with E-state index < -0.39 is 0 Å². The summed E-state index contributed by atoms with van der Waals surface area (Å²) < 4.78 is 3.07. The molecule has 0 fully saturated rings. The third kappa shape index (κ3) is 3.98. The molecule has 5 rings (SSSR count). The summed E-state index contributed by atoms with van der Waals surface area (Å²) in [5, 5.41) is 27.1. The van der Waals surface area contributed by atoms with Gasteiger partial charge in [-0.25, -0.2) is 10.1 Å². The Morgan fingerprint density at radius 2 is 1.76 bits per heavy atom. The third-order valence-electron chi connectivity index (χ3n) is 5.65. The summed E-state index contributed by atoms with van der Waals surface area (Å²) in [6, 6.07) is 19.6. The van der Waals surface area contributed by atoms with Crippen molar-refractivity contribution < 1.29 is 4.73 Å². The third-order valence-corrected chi connectivity index (χ3v) is 5.65. The van der Waals surface area contributed by atoms with Crippen LogP contribution >= 0.6 is 0 Å². The van der Waals surface area contributed by atoms with E-state index in [9.17, 15) is 5.21 Å². The second kappa shape index (κ2) is 8.66. The average Bonchev–Trinajstić information content (AvgIpc) is 3.49. The second-order valence-electron chi connectivity index (χ2n) is 7.87. The smallest absolute Gasteiger partial charge is 0.224 e. The topological polar surface area (TPSA) is 99.2 Å². The summed E-state index contributed by atoms with van der Waals surface area (Å²) >= 11 is 0. The zero-order valence-electron chi connectivity index (χ0n) is 18.4. The lowest BCUT2D eigenvalue weighted by Gasteiger charge is -2.15. The Kier molecular flexibility index (Phi) is 5.40. The monoisotopic (exact) mass is 437 g/mol. The molecule has 0 aliphatic carbocycles. The van der Waals surface area contributed by atoms with Crippen molar-refractivity contribution in [2.24, 2.45) is 0 Å². The van der Waals surface area contributed by atoms with Crippen molar-refractivity contribution in [3.63, 3.8) is 0 Å². The highest BCUT2D eigenvalue weighted by molar-refractivity contribution is 5.89. The van der Waals surface area contributed by atoms with Gasteiger partial charge in [0.05, 0.1) is 11.3 Å². The SMILES string of the molecule is CCc1nc(C)cn1Cc1ccc(-c2ccccc2-c2nnn[nH]2)c(-c2cccc[n+]2[O-])c1. The van der Waals surface area contributed by atoms with E-state index >= 15 is 0 Å². The molecule has 2 aromatic carbocycles. The molecule has 0 unspecified atom stereocenters. The van der Waals surface area contributed by atoms with Crippen LogP contribution in [0, 0.1) is 12.1 Å². The summed E-state index contributed by atoms with van der Waals surface area (Å²) in [6.45, 7) is 4.78. The number of H-pyrrole nitrogens is 1. The van der Waals surface area contributed by atoms with Crippen molar-refractivity contribution >= 4 is 0 Å². The molecule has 0 radical (unpaired) electrons. The number of imidazole rings is 1. The maximum Gasteiger partial charge on any atom is 0.224 e. The number of nitrogens with one attached hydrogen (secondary N) is 1. The summed E-state index contributed by atoms with van der Waals surface area (Å²) in [4.78, 5) is 4.61. The first kappa shape index (κ1) is 20.6. The van der Waals surface area contributed by atoms with Crippen LogP contribution in [0.15, 0.2) is 73.1 Å². The van der Waals surface area contributed by atoms with Gasteiger partial charge >= 0.3 is 0 Å². The van der Waals surface area contributed by atoms with Crippen LogP contribution in [0.3, 0.4) is 0 Å². The second-order valence-corrected chi connectivity index (χ2v) is 7.87. The molecule has 0 amide bonds. The van der Waals surface area contributed by atoms with Crippen molar-refractivity contribution in [2.75, 3.05) is 0 Å². The highest BCUT2D eigenvalue weighted by Crippen LogP contribution is 2.36. The van der Waals surface area contributed by atoms with Crippen LogP contribution < -0.4 is 4.73 Å². The van der Waals surface area contributed by atoms with Crippen molar-refractivity contribution in [1.29, 1.82) is 0 Å². The van der Waals surface area contributed by atoms with Gasteiger partial charge in [-0.2, -0.15) is 4.73 Å². The van der Waals surface area contributed by atoms with Gasteiger partial charge in [0.15, 0.2) is 12.0 Å². The van der Waals surface area contributed by atoms with E-state index in [0.717, 1.165) is 50.5 Å². The van der Waals surface area contributed by atoms with Crippen LogP contribution in [0.1, 0.15) is 24.0 Å². The molecule has 1 N–H and O–H groups in total. The molecule has 0 atom stereocenters. The molecule has 0 bridgehead atoms. The molecular formula is C25H23N7O. The maximum atomic E-state index is 12.8. The molecule has 0 saturated carbocycles. The predicted molar refractivity (Wildman–Crippen MR) is 125 cm³/mol. The molecular weight excluding hydrogens is 414 g/mol. The molecule has 0 aliphatic heterocycles. The lowest BCUT2D eigenvalue weighted by molar-refractivity contribution is -0.593. The van der Waals surface area contributed by atoms with E-state index in [1.807, 2.05) is 43.3 Å². The van der Waals surface area contributed by atoms with Crippen molar-refractivity contribution in [2.45, 2.75) is 26.8 Å². The highest BCUT2D eigenvalue weighted by Gasteiger charge is 2.19. The number of aryl methyl sites for hydroxylation is 2. The van der Waals surface area contributed by atoms with E-state index in [1.165, 1.54) is 6.20 Å². The molecule has 0 saturated heterocycles. The van der Waals surface area contributed by atoms with Gasteiger partial charge in [-0.3, -0.25) is 0 Å². The number of aromatic nitrogens is 7. The van der Waals surface area contributed by atoms with Gasteiger partial charge in [-0.1, -0.05) is 43.3 Å². The number of benzene rings is 2. The van der Waals surface area contributed by atoms with Crippen molar-refractivity contribution in [1.82, 2.24) is 30.2 Å². The summed E-state index contributed by atoms with van der Waals surface area (Å²) in [6.07, 6.45) is 4.44. The van der Waals surface area contributed by atoms with Gasteiger partial charge in [-0.05, 0) is 46.2 Å². The fourth-order valence-corrected chi connectivity index (χ4v) is 4.18. The number of rotatable bonds is 6. The fraction of sp³-hybridized carbons (Fsp3) is 0.160. The molecule has 164 valence electrons. The first-order valence-electron chi connectivity index (χ1n) is 10.8. The normalized spacial score (nSPS) is 11.1. The number of hydrogen-bond donors (Lipinski definition) is 1. The van der Waals surface area contributed by atoms with Gasteiger partial charge < -0.3 is 9.77 Å². The lowest BCUT2D eigenvalue weighted by Crippen LogP contribution is -2.28. The highest BCUT2D eigenvalue weighted by atomic mass is 16.5. The molecule has 3 aromatic heterocycles. The minimum atomic E-state index is 0.574. The molecule has 0 aliphatic rings. The molecule has 5 aromatic rings. The minimum absolute atomic E-state index is 0.574. The van der Waals surface area contributed by atoms with Crippen LogP contribution in [0.5, 0.6) is 0 Å². The Morgan fingerprint density at radius 1 is 0.970 bits per heavy atom. The summed E-state index contributed by atoms with van der Waals surface area (Å²) in [5.74, 6) is 1.62. The zero-order valence-corrected chi connectivity index (χ0v) is 18.4. The van der Waals surface area contributed by atoms with Gasteiger partial charge in [0.2, 0.25) is 5.69 Å². The first-order chi connectivity index (χ1) is 16.1. The first-order valence-corrected chi connectivity index (χ1v) is 10.8. The number of nitrogens with zero attached hydrogens (tertiary/aromatic N) is 6. The van der Waals surface area contributed by atoms with Gasteiger partial charge in [0, 0.05) is 36.9 Å². The van der Waals surface area contributed by atoms with Crippen LogP contribution in [0.4, 0.5) is 0 Å². The Morgan fingerprint density at radius 3 is 2.52 bits per heavy atom. The molecule has 0 spiro atoms. The quantitative estimate of drug-likeness (QED) is 0.320. The van der Waals surface area contributed by atoms with Crippen LogP contribution in [0.25, 0.3) is 33.8 Å². The van der Waals surface area contributed by atoms with Gasteiger partial charge in [-0.15, -0.1) is 5.10 Å². The standard InChI is InChI=1S/C25H23N7O/c1-3-24-26-17(2)15-31(24)16-18-11-12-20(22(14-18)23-10-6-7-13-32(23)33)19-8-4-5-9-21(19)25-27-29-30-28-25/h4-15H,3,16H2,1-2H3,(H,27,28,29,30). The van der Waals surface area contributed by atoms with Crippen LogP contribution in [-0.4, -0.2) is 30.2 Å².